The fraction of sp³-hybridized carbons (Fsp3) is 0.850. The van der Waals surface area contributed by atoms with Crippen LogP contribution in [0.5, 0.6) is 0 Å². The van der Waals surface area contributed by atoms with Crippen LogP contribution in [0.15, 0.2) is 4.99 Å². The van der Waals surface area contributed by atoms with Crippen molar-refractivity contribution in [1.29, 1.82) is 0 Å². The first-order chi connectivity index (χ1) is 13.4. The van der Waals surface area contributed by atoms with E-state index in [0.29, 0.717) is 57.5 Å². The molecule has 0 aromatic rings. The summed E-state index contributed by atoms with van der Waals surface area (Å²) in [4.78, 5) is 31.2. The molecule has 2 aliphatic heterocycles. The van der Waals surface area contributed by atoms with Crippen molar-refractivity contribution in [2.75, 3.05) is 13.1 Å². The second kappa shape index (κ2) is 7.80. The molecule has 0 atom stereocenters. The maximum Gasteiger partial charge on any atom is 0.410 e. The van der Waals surface area contributed by atoms with Crippen molar-refractivity contribution < 1.29 is 27.5 Å². The molecule has 0 aromatic heterocycles. The van der Waals surface area contributed by atoms with Crippen molar-refractivity contribution >= 4 is 17.8 Å². The minimum atomic E-state index is -4.12. The molecule has 2 fully saturated rings. The molecule has 1 saturated heterocycles. The fourth-order valence-corrected chi connectivity index (χ4v) is 4.43. The standard InChI is InChI=1S/C20H30F3N3O3/c1-18(2,3)29-17(28)26-10-8-19(9-11-26)16(27)24-15(25-19)14-6-4-13(5-7-14)12-20(21,22)23/h13-14H,4-12H2,1-3H3,(H,24,25,27). The van der Waals surface area contributed by atoms with Gasteiger partial charge in [0.2, 0.25) is 0 Å². The average molecular weight is 417 g/mol. The largest absolute Gasteiger partial charge is 0.444 e. The van der Waals surface area contributed by atoms with Crippen molar-refractivity contribution in [1.82, 2.24) is 10.2 Å². The van der Waals surface area contributed by atoms with Gasteiger partial charge in [-0.25, -0.2) is 4.79 Å². The Labute approximate surface area is 169 Å². The second-order valence-electron chi connectivity index (χ2n) is 9.49. The number of hydrogen-bond acceptors (Lipinski definition) is 4. The highest BCUT2D eigenvalue weighted by atomic mass is 19.4. The molecule has 2 amide bonds. The van der Waals surface area contributed by atoms with Gasteiger partial charge in [0.05, 0.1) is 0 Å². The molecule has 164 valence electrons. The van der Waals surface area contributed by atoms with Gasteiger partial charge in [-0.05, 0) is 65.2 Å². The molecule has 1 saturated carbocycles. The van der Waals surface area contributed by atoms with Gasteiger partial charge in [0.25, 0.3) is 5.91 Å². The maximum atomic E-state index is 12.7. The summed E-state index contributed by atoms with van der Waals surface area (Å²) in [5.74, 6) is 0.126. The van der Waals surface area contributed by atoms with E-state index in [1.54, 1.807) is 25.7 Å². The van der Waals surface area contributed by atoms with Crippen LogP contribution in [0, 0.1) is 11.8 Å². The molecule has 1 aliphatic carbocycles. The Bertz CT molecular complexity index is 669. The van der Waals surface area contributed by atoms with Gasteiger partial charge in [-0.2, -0.15) is 13.2 Å². The zero-order valence-electron chi connectivity index (χ0n) is 17.3. The quantitative estimate of drug-likeness (QED) is 0.737. The number of ether oxygens (including phenoxy) is 1. The molecule has 0 radical (unpaired) electrons. The van der Waals surface area contributed by atoms with Gasteiger partial charge in [0.15, 0.2) is 0 Å². The highest BCUT2D eigenvalue weighted by molar-refractivity contribution is 6.09. The Morgan fingerprint density at radius 1 is 1.17 bits per heavy atom. The number of nitrogens with one attached hydrogen (secondary N) is 1. The number of hydrogen-bond donors (Lipinski definition) is 1. The average Bonchev–Trinajstić information content (AvgIpc) is 2.89. The number of carbonyl (C=O) groups excluding carboxylic acids is 2. The van der Waals surface area contributed by atoms with E-state index in [1.807, 2.05) is 0 Å². The minimum absolute atomic E-state index is 0.00620. The van der Waals surface area contributed by atoms with Crippen LogP contribution in [0.1, 0.15) is 65.7 Å². The van der Waals surface area contributed by atoms with Crippen LogP contribution in [0.4, 0.5) is 18.0 Å². The first kappa shape index (κ1) is 21.9. The van der Waals surface area contributed by atoms with Crippen LogP contribution in [0.3, 0.4) is 0 Å². The number of rotatable bonds is 2. The lowest BCUT2D eigenvalue weighted by Gasteiger charge is -2.36. The zero-order chi connectivity index (χ0) is 21.4. The van der Waals surface area contributed by atoms with Crippen LogP contribution in [0.25, 0.3) is 0 Å². The Morgan fingerprint density at radius 2 is 1.76 bits per heavy atom. The van der Waals surface area contributed by atoms with Crippen molar-refractivity contribution in [3.8, 4) is 0 Å². The summed E-state index contributed by atoms with van der Waals surface area (Å²) in [7, 11) is 0. The predicted octanol–water partition coefficient (Wildman–Crippen LogP) is 4.04. The Kier molecular flexibility index (Phi) is 5.89. The van der Waals surface area contributed by atoms with E-state index in [1.165, 1.54) is 0 Å². The van der Waals surface area contributed by atoms with E-state index in [0.717, 1.165) is 0 Å². The highest BCUT2D eigenvalue weighted by Crippen LogP contribution is 2.39. The number of nitrogens with zero attached hydrogens (tertiary/aromatic N) is 2. The van der Waals surface area contributed by atoms with Crippen LogP contribution in [0.2, 0.25) is 0 Å². The Hall–Kier alpha value is -1.80. The topological polar surface area (TPSA) is 71.0 Å². The molecule has 29 heavy (non-hydrogen) atoms. The summed E-state index contributed by atoms with van der Waals surface area (Å²) >= 11 is 0. The minimum Gasteiger partial charge on any atom is -0.444 e. The predicted molar refractivity (Wildman–Crippen MR) is 101 cm³/mol. The third kappa shape index (κ3) is 5.42. The lowest BCUT2D eigenvalue weighted by Crippen LogP contribution is -2.51. The summed E-state index contributed by atoms with van der Waals surface area (Å²) in [6, 6.07) is 0. The third-order valence-corrected chi connectivity index (χ3v) is 5.99. The molecule has 1 spiro atoms. The molecule has 3 aliphatic rings. The first-order valence-corrected chi connectivity index (χ1v) is 10.3. The summed E-state index contributed by atoms with van der Waals surface area (Å²) < 4.78 is 43.2. The van der Waals surface area contributed by atoms with E-state index >= 15 is 0 Å². The van der Waals surface area contributed by atoms with Crippen LogP contribution < -0.4 is 5.32 Å². The van der Waals surface area contributed by atoms with Gasteiger partial charge in [-0.1, -0.05) is 0 Å². The smallest absolute Gasteiger partial charge is 0.410 e. The van der Waals surface area contributed by atoms with Gasteiger partial charge in [0, 0.05) is 25.4 Å². The highest BCUT2D eigenvalue weighted by Gasteiger charge is 2.48. The number of amidine groups is 1. The number of halogens is 3. The van der Waals surface area contributed by atoms with Gasteiger partial charge >= 0.3 is 12.3 Å². The second-order valence-corrected chi connectivity index (χ2v) is 9.49. The van der Waals surface area contributed by atoms with E-state index in [9.17, 15) is 22.8 Å². The molecular formula is C20H30F3N3O3. The van der Waals surface area contributed by atoms with Gasteiger partial charge in [-0.15, -0.1) is 0 Å². The van der Waals surface area contributed by atoms with Gasteiger partial charge < -0.3 is 15.0 Å². The maximum absolute atomic E-state index is 12.7. The normalized spacial score (nSPS) is 27.6. The van der Waals surface area contributed by atoms with Crippen molar-refractivity contribution in [2.24, 2.45) is 16.8 Å². The monoisotopic (exact) mass is 417 g/mol. The summed E-state index contributed by atoms with van der Waals surface area (Å²) in [5, 5.41) is 2.88. The number of aliphatic imine (C=N–C) groups is 1. The number of amides is 2. The Balaban J connectivity index is 1.56. The fourth-order valence-electron chi connectivity index (χ4n) is 4.43. The number of likely N-dealkylation sites (tertiary alicyclic amines) is 1. The molecule has 0 aromatic carbocycles. The summed E-state index contributed by atoms with van der Waals surface area (Å²) in [6.45, 7) is 6.19. The van der Waals surface area contributed by atoms with Crippen LogP contribution >= 0.6 is 0 Å². The first-order valence-electron chi connectivity index (χ1n) is 10.3. The SMILES string of the molecule is CC(C)(C)OC(=O)N1CCC2(CC1)N=C(C1CCC(CC(F)(F)F)CC1)NC2=O. The third-order valence-electron chi connectivity index (χ3n) is 5.99. The molecular weight excluding hydrogens is 387 g/mol. The lowest BCUT2D eigenvalue weighted by molar-refractivity contribution is -0.146. The van der Waals surface area contributed by atoms with Crippen molar-refractivity contribution in [3.05, 3.63) is 0 Å². The number of alkyl halides is 3. The van der Waals surface area contributed by atoms with E-state index in [-0.39, 0.29) is 17.7 Å². The van der Waals surface area contributed by atoms with Crippen LogP contribution in [-0.4, -0.2) is 53.1 Å². The lowest BCUT2D eigenvalue weighted by atomic mass is 9.80. The Morgan fingerprint density at radius 3 is 2.28 bits per heavy atom. The van der Waals surface area contributed by atoms with Crippen molar-refractivity contribution in [3.63, 3.8) is 0 Å². The number of piperidine rings is 1. The molecule has 2 heterocycles. The van der Waals surface area contributed by atoms with Crippen molar-refractivity contribution in [2.45, 2.75) is 83.0 Å². The molecule has 6 nitrogen and oxygen atoms in total. The molecule has 0 unspecified atom stereocenters. The van der Waals surface area contributed by atoms with E-state index < -0.39 is 29.8 Å². The van der Waals surface area contributed by atoms with Gasteiger partial charge in [0.1, 0.15) is 17.0 Å². The summed E-state index contributed by atoms with van der Waals surface area (Å²) in [5.41, 5.74) is -1.44. The van der Waals surface area contributed by atoms with Gasteiger partial charge in [-0.3, -0.25) is 9.79 Å². The van der Waals surface area contributed by atoms with E-state index in [4.69, 9.17) is 9.73 Å². The molecule has 9 heteroatoms. The summed E-state index contributed by atoms with van der Waals surface area (Å²) in [6.07, 6.45) is -2.18. The van der Waals surface area contributed by atoms with E-state index in [2.05, 4.69) is 5.32 Å². The molecule has 0 bridgehead atoms. The zero-order valence-corrected chi connectivity index (χ0v) is 17.3. The number of carbonyl (C=O) groups is 2. The molecule has 1 N–H and O–H groups in total. The van der Waals surface area contributed by atoms with Crippen LogP contribution in [-0.2, 0) is 9.53 Å². The molecule has 3 rings (SSSR count).